The topological polar surface area (TPSA) is 67.9 Å². The molecule has 0 aromatic heterocycles. The lowest BCUT2D eigenvalue weighted by molar-refractivity contribution is -0.187. The standard InChI is InChI=1S/C16H19FN2O4/c17-12-3-1-2-4-13(12)18-14(20)11-15(21)19-7-5-16(6-8-19)22-9-10-23-16/h1-4H,5-11H2,(H,18,20). The number of ether oxygens (including phenoxy) is 2. The monoisotopic (exact) mass is 322 g/mol. The van der Waals surface area contributed by atoms with Crippen molar-refractivity contribution in [2.45, 2.75) is 25.0 Å². The van der Waals surface area contributed by atoms with Crippen LogP contribution in [-0.4, -0.2) is 48.8 Å². The van der Waals surface area contributed by atoms with Crippen LogP contribution in [0.5, 0.6) is 0 Å². The predicted molar refractivity (Wildman–Crippen MR) is 80.1 cm³/mol. The van der Waals surface area contributed by atoms with Gasteiger partial charge in [0, 0.05) is 25.9 Å². The van der Waals surface area contributed by atoms with Gasteiger partial charge in [-0.05, 0) is 12.1 Å². The molecule has 2 amide bonds. The van der Waals surface area contributed by atoms with Gasteiger partial charge in [-0.2, -0.15) is 0 Å². The second kappa shape index (κ2) is 6.64. The summed E-state index contributed by atoms with van der Waals surface area (Å²) in [6.07, 6.45) is 0.907. The average molecular weight is 322 g/mol. The van der Waals surface area contributed by atoms with Crippen molar-refractivity contribution in [3.8, 4) is 0 Å². The Hall–Kier alpha value is -1.99. The van der Waals surface area contributed by atoms with Gasteiger partial charge in [0.15, 0.2) is 5.79 Å². The molecule has 2 fully saturated rings. The highest BCUT2D eigenvalue weighted by molar-refractivity contribution is 6.03. The molecule has 7 heteroatoms. The first-order chi connectivity index (χ1) is 11.1. The van der Waals surface area contributed by atoms with Crippen molar-refractivity contribution in [1.82, 2.24) is 4.90 Å². The van der Waals surface area contributed by atoms with Crippen LogP contribution in [-0.2, 0) is 19.1 Å². The highest BCUT2D eigenvalue weighted by Crippen LogP contribution is 2.31. The summed E-state index contributed by atoms with van der Waals surface area (Å²) in [7, 11) is 0. The molecule has 0 atom stereocenters. The van der Waals surface area contributed by atoms with Gasteiger partial charge in [-0.1, -0.05) is 12.1 Å². The van der Waals surface area contributed by atoms with E-state index in [1.807, 2.05) is 0 Å². The molecule has 1 aromatic rings. The van der Waals surface area contributed by atoms with Gasteiger partial charge in [0.25, 0.3) is 0 Å². The number of piperidine rings is 1. The number of rotatable bonds is 3. The fourth-order valence-electron chi connectivity index (χ4n) is 2.89. The number of nitrogens with one attached hydrogen (secondary N) is 1. The summed E-state index contributed by atoms with van der Waals surface area (Å²) < 4.78 is 24.7. The Kier molecular flexibility index (Phi) is 4.58. The summed E-state index contributed by atoms with van der Waals surface area (Å²) in [5.74, 6) is -1.86. The molecule has 1 aromatic carbocycles. The van der Waals surface area contributed by atoms with Crippen molar-refractivity contribution in [3.05, 3.63) is 30.1 Å². The SMILES string of the molecule is O=C(CC(=O)N1CCC2(CC1)OCCO2)Nc1ccccc1F. The summed E-state index contributed by atoms with van der Waals surface area (Å²) in [6.45, 7) is 2.15. The van der Waals surface area contributed by atoms with Crippen LogP contribution in [0.25, 0.3) is 0 Å². The highest BCUT2D eigenvalue weighted by Gasteiger charge is 2.40. The number of likely N-dealkylation sites (tertiary alicyclic amines) is 1. The molecule has 0 unspecified atom stereocenters. The summed E-state index contributed by atoms with van der Waals surface area (Å²) in [5.41, 5.74) is 0.0793. The lowest BCUT2D eigenvalue weighted by Crippen LogP contribution is -2.47. The first kappa shape index (κ1) is 15.9. The predicted octanol–water partition coefficient (Wildman–Crippen LogP) is 1.52. The van der Waals surface area contributed by atoms with E-state index in [0.717, 1.165) is 0 Å². The molecule has 0 aliphatic carbocycles. The lowest BCUT2D eigenvalue weighted by Gasteiger charge is -2.37. The molecule has 0 radical (unpaired) electrons. The van der Waals surface area contributed by atoms with E-state index in [4.69, 9.17) is 9.47 Å². The number of carbonyl (C=O) groups excluding carboxylic acids is 2. The summed E-state index contributed by atoms with van der Waals surface area (Å²) in [6, 6.07) is 5.86. The van der Waals surface area contributed by atoms with Crippen molar-refractivity contribution in [3.63, 3.8) is 0 Å². The Labute approximate surface area is 133 Å². The maximum absolute atomic E-state index is 13.5. The van der Waals surface area contributed by atoms with Gasteiger partial charge in [-0.3, -0.25) is 9.59 Å². The van der Waals surface area contributed by atoms with E-state index in [9.17, 15) is 14.0 Å². The second-order valence-electron chi connectivity index (χ2n) is 5.69. The number of hydrogen-bond acceptors (Lipinski definition) is 4. The molecule has 1 spiro atoms. The van der Waals surface area contributed by atoms with Gasteiger partial charge in [0.05, 0.1) is 18.9 Å². The van der Waals surface area contributed by atoms with E-state index >= 15 is 0 Å². The minimum atomic E-state index is -0.549. The fourth-order valence-corrected chi connectivity index (χ4v) is 2.89. The molecule has 0 saturated carbocycles. The Balaban J connectivity index is 1.49. The van der Waals surface area contributed by atoms with Gasteiger partial charge in [-0.15, -0.1) is 0 Å². The number of para-hydroxylation sites is 1. The van der Waals surface area contributed by atoms with E-state index < -0.39 is 17.5 Å². The zero-order valence-electron chi connectivity index (χ0n) is 12.7. The molecule has 124 valence electrons. The normalized spacial score (nSPS) is 19.8. The average Bonchev–Trinajstić information content (AvgIpc) is 2.98. The van der Waals surface area contributed by atoms with E-state index in [1.165, 1.54) is 18.2 Å². The van der Waals surface area contributed by atoms with Crippen LogP contribution in [0.15, 0.2) is 24.3 Å². The van der Waals surface area contributed by atoms with Crippen LogP contribution in [0.1, 0.15) is 19.3 Å². The molecule has 6 nitrogen and oxygen atoms in total. The Morgan fingerprint density at radius 1 is 1.17 bits per heavy atom. The van der Waals surface area contributed by atoms with Crippen molar-refractivity contribution >= 4 is 17.5 Å². The molecule has 2 heterocycles. The lowest BCUT2D eigenvalue weighted by atomic mass is 10.0. The Morgan fingerprint density at radius 3 is 2.48 bits per heavy atom. The third-order valence-electron chi connectivity index (χ3n) is 4.15. The first-order valence-corrected chi connectivity index (χ1v) is 7.68. The molecule has 1 N–H and O–H groups in total. The van der Waals surface area contributed by atoms with Gasteiger partial charge in [0.1, 0.15) is 12.2 Å². The Morgan fingerprint density at radius 2 is 1.83 bits per heavy atom. The van der Waals surface area contributed by atoms with Crippen molar-refractivity contribution in [2.75, 3.05) is 31.6 Å². The van der Waals surface area contributed by atoms with Crippen molar-refractivity contribution in [1.29, 1.82) is 0 Å². The van der Waals surface area contributed by atoms with E-state index in [0.29, 0.717) is 39.1 Å². The number of nitrogens with zero attached hydrogens (tertiary/aromatic N) is 1. The molecular weight excluding hydrogens is 303 g/mol. The molecule has 3 rings (SSSR count). The molecule has 2 aliphatic rings. The van der Waals surface area contributed by atoms with Gasteiger partial charge >= 0.3 is 0 Å². The summed E-state index contributed by atoms with van der Waals surface area (Å²) in [5, 5.41) is 2.42. The van der Waals surface area contributed by atoms with Gasteiger partial charge in [-0.25, -0.2) is 4.39 Å². The van der Waals surface area contributed by atoms with Gasteiger partial charge in [0.2, 0.25) is 11.8 Å². The third kappa shape index (κ3) is 3.68. The first-order valence-electron chi connectivity index (χ1n) is 7.68. The number of halogens is 1. The smallest absolute Gasteiger partial charge is 0.233 e. The number of anilines is 1. The largest absolute Gasteiger partial charge is 0.347 e. The van der Waals surface area contributed by atoms with Crippen molar-refractivity contribution in [2.24, 2.45) is 0 Å². The number of benzene rings is 1. The van der Waals surface area contributed by atoms with Crippen LogP contribution in [0.2, 0.25) is 0 Å². The van der Waals surface area contributed by atoms with Crippen LogP contribution in [0, 0.1) is 5.82 Å². The maximum Gasteiger partial charge on any atom is 0.233 e. The van der Waals surface area contributed by atoms with E-state index in [-0.39, 0.29) is 18.0 Å². The maximum atomic E-state index is 13.5. The van der Waals surface area contributed by atoms with Crippen molar-refractivity contribution < 1.29 is 23.5 Å². The molecule has 2 saturated heterocycles. The second-order valence-corrected chi connectivity index (χ2v) is 5.69. The summed E-state index contributed by atoms with van der Waals surface area (Å²) in [4.78, 5) is 25.7. The zero-order valence-corrected chi connectivity index (χ0v) is 12.7. The van der Waals surface area contributed by atoms with Gasteiger partial charge < -0.3 is 19.7 Å². The zero-order chi connectivity index (χ0) is 16.3. The van der Waals surface area contributed by atoms with Crippen LogP contribution >= 0.6 is 0 Å². The number of hydrogen-bond donors (Lipinski definition) is 1. The minimum absolute atomic E-state index is 0.0793. The molecule has 23 heavy (non-hydrogen) atoms. The van der Waals surface area contributed by atoms with Crippen LogP contribution < -0.4 is 5.32 Å². The van der Waals surface area contributed by atoms with E-state index in [1.54, 1.807) is 11.0 Å². The fraction of sp³-hybridized carbons (Fsp3) is 0.500. The summed E-state index contributed by atoms with van der Waals surface area (Å²) >= 11 is 0. The number of amides is 2. The number of carbonyl (C=O) groups is 2. The third-order valence-corrected chi connectivity index (χ3v) is 4.15. The van der Waals surface area contributed by atoms with Crippen LogP contribution in [0.4, 0.5) is 10.1 Å². The molecule has 0 bridgehead atoms. The van der Waals surface area contributed by atoms with E-state index in [2.05, 4.69) is 5.32 Å². The molecular formula is C16H19FN2O4. The highest BCUT2D eigenvalue weighted by atomic mass is 19.1. The minimum Gasteiger partial charge on any atom is -0.347 e. The quantitative estimate of drug-likeness (QED) is 0.857. The molecule has 2 aliphatic heterocycles. The van der Waals surface area contributed by atoms with Crippen LogP contribution in [0.3, 0.4) is 0 Å². The Bertz CT molecular complexity index is 591.